The van der Waals surface area contributed by atoms with Gasteiger partial charge in [-0.25, -0.2) is 4.39 Å². The highest BCUT2D eigenvalue weighted by molar-refractivity contribution is 5.91. The molecule has 1 aliphatic heterocycles. The number of carbonyl (C=O) groups excluding carboxylic acids is 1. The molecule has 0 N–H and O–H groups in total. The molecule has 1 fully saturated rings. The number of carbonyl (C=O) groups is 1. The van der Waals surface area contributed by atoms with Crippen LogP contribution in [0.4, 0.5) is 10.1 Å². The summed E-state index contributed by atoms with van der Waals surface area (Å²) in [5.74, 6) is -0.363. The summed E-state index contributed by atoms with van der Waals surface area (Å²) in [5, 5.41) is 0.828. The lowest BCUT2D eigenvalue weighted by Crippen LogP contribution is -2.38. The van der Waals surface area contributed by atoms with Crippen LogP contribution < -0.4 is 4.90 Å². The van der Waals surface area contributed by atoms with Crippen LogP contribution in [0.5, 0.6) is 0 Å². The molecule has 1 aromatic heterocycles. The van der Waals surface area contributed by atoms with Crippen LogP contribution in [0, 0.1) is 5.82 Å². The molecule has 23 heavy (non-hydrogen) atoms. The van der Waals surface area contributed by atoms with Crippen LogP contribution in [0.3, 0.4) is 0 Å². The number of rotatable bonds is 4. The number of benzene rings is 1. The molecule has 5 heteroatoms. The fourth-order valence-electron chi connectivity index (χ4n) is 3.04. The third-order valence-electron chi connectivity index (χ3n) is 4.22. The smallest absolute Gasteiger partial charge is 0.306 e. The van der Waals surface area contributed by atoms with E-state index >= 15 is 0 Å². The fraction of sp³-hybridized carbons (Fsp3) is 0.444. The molecule has 0 aliphatic carbocycles. The van der Waals surface area contributed by atoms with Crippen molar-refractivity contribution in [2.45, 2.75) is 38.7 Å². The third-order valence-corrected chi connectivity index (χ3v) is 4.22. The molecule has 122 valence electrons. The van der Waals surface area contributed by atoms with Crippen molar-refractivity contribution in [3.05, 3.63) is 36.3 Å². The summed E-state index contributed by atoms with van der Waals surface area (Å²) >= 11 is 0. The van der Waals surface area contributed by atoms with Gasteiger partial charge >= 0.3 is 5.97 Å². The minimum atomic E-state index is -0.255. The van der Waals surface area contributed by atoms with Crippen molar-refractivity contribution in [3.63, 3.8) is 0 Å². The normalized spacial score (nSPS) is 15.8. The summed E-state index contributed by atoms with van der Waals surface area (Å²) in [6, 6.07) is 6.59. The fourth-order valence-corrected chi connectivity index (χ4v) is 3.04. The monoisotopic (exact) mass is 316 g/mol. The van der Waals surface area contributed by atoms with Gasteiger partial charge in [-0.3, -0.25) is 9.78 Å². The van der Waals surface area contributed by atoms with Crippen molar-refractivity contribution >= 4 is 22.6 Å². The summed E-state index contributed by atoms with van der Waals surface area (Å²) in [6.07, 6.45) is 4.64. The van der Waals surface area contributed by atoms with E-state index in [1.165, 1.54) is 12.1 Å². The second kappa shape index (κ2) is 6.94. The number of hydrogen-bond acceptors (Lipinski definition) is 4. The lowest BCUT2D eigenvalue weighted by Gasteiger charge is -2.33. The second-order valence-electron chi connectivity index (χ2n) is 5.92. The maximum atomic E-state index is 13.6. The van der Waals surface area contributed by atoms with Gasteiger partial charge in [-0.2, -0.15) is 0 Å². The van der Waals surface area contributed by atoms with Gasteiger partial charge in [0, 0.05) is 49.6 Å². The minimum absolute atomic E-state index is 0.00450. The topological polar surface area (TPSA) is 42.4 Å². The van der Waals surface area contributed by atoms with Gasteiger partial charge in [0.15, 0.2) is 0 Å². The Balaban J connectivity index is 1.71. The Hall–Kier alpha value is -2.17. The summed E-state index contributed by atoms with van der Waals surface area (Å²) < 4.78 is 19.0. The average molecular weight is 316 g/mol. The van der Waals surface area contributed by atoms with Gasteiger partial charge < -0.3 is 9.64 Å². The molecule has 0 atom stereocenters. The average Bonchev–Trinajstić information content (AvgIpc) is 2.55. The Morgan fingerprint density at radius 2 is 2.13 bits per heavy atom. The largest absolute Gasteiger partial charge is 0.462 e. The van der Waals surface area contributed by atoms with E-state index in [4.69, 9.17) is 4.74 Å². The summed E-state index contributed by atoms with van der Waals surface area (Å²) in [4.78, 5) is 18.1. The van der Waals surface area contributed by atoms with Gasteiger partial charge in [0.1, 0.15) is 11.9 Å². The van der Waals surface area contributed by atoms with E-state index < -0.39 is 0 Å². The maximum absolute atomic E-state index is 13.6. The Morgan fingerprint density at radius 3 is 2.87 bits per heavy atom. The first-order valence-electron chi connectivity index (χ1n) is 8.16. The van der Waals surface area contributed by atoms with E-state index in [0.29, 0.717) is 6.42 Å². The van der Waals surface area contributed by atoms with Crippen LogP contribution >= 0.6 is 0 Å². The quantitative estimate of drug-likeness (QED) is 0.807. The first-order valence-corrected chi connectivity index (χ1v) is 8.16. The van der Waals surface area contributed by atoms with Gasteiger partial charge in [-0.1, -0.05) is 6.92 Å². The van der Waals surface area contributed by atoms with Crippen molar-refractivity contribution in [3.8, 4) is 0 Å². The summed E-state index contributed by atoms with van der Waals surface area (Å²) in [7, 11) is 0. The molecule has 0 amide bonds. The molecule has 0 radical (unpaired) electrons. The summed E-state index contributed by atoms with van der Waals surface area (Å²) in [6.45, 7) is 3.55. The third kappa shape index (κ3) is 3.60. The lowest BCUT2D eigenvalue weighted by molar-refractivity contribution is -0.150. The van der Waals surface area contributed by atoms with E-state index in [2.05, 4.69) is 9.88 Å². The van der Waals surface area contributed by atoms with Crippen molar-refractivity contribution in [2.75, 3.05) is 18.0 Å². The number of hydrogen-bond donors (Lipinski definition) is 0. The van der Waals surface area contributed by atoms with E-state index in [1.807, 2.05) is 13.0 Å². The highest BCUT2D eigenvalue weighted by atomic mass is 19.1. The number of piperidine rings is 1. The molecule has 1 saturated heterocycles. The van der Waals surface area contributed by atoms with Gasteiger partial charge in [0.2, 0.25) is 0 Å². The zero-order chi connectivity index (χ0) is 16.2. The zero-order valence-corrected chi connectivity index (χ0v) is 13.3. The Kier molecular flexibility index (Phi) is 4.74. The molecule has 1 aliphatic rings. The number of aromatic nitrogens is 1. The summed E-state index contributed by atoms with van der Waals surface area (Å²) in [5.41, 5.74) is 1.79. The molecule has 0 bridgehead atoms. The molecular weight excluding hydrogens is 295 g/mol. The Morgan fingerprint density at radius 1 is 1.35 bits per heavy atom. The van der Waals surface area contributed by atoms with Crippen LogP contribution in [-0.2, 0) is 9.53 Å². The number of pyridine rings is 1. The van der Waals surface area contributed by atoms with Crippen molar-refractivity contribution in [1.82, 2.24) is 4.98 Å². The predicted molar refractivity (Wildman–Crippen MR) is 87.9 cm³/mol. The molecule has 2 heterocycles. The van der Waals surface area contributed by atoms with Gasteiger partial charge in [-0.15, -0.1) is 0 Å². The molecular formula is C18H21FN2O2. The van der Waals surface area contributed by atoms with E-state index in [0.717, 1.165) is 48.9 Å². The molecule has 0 saturated carbocycles. The standard InChI is InChI=1S/C18H21FN2O2/c1-2-3-18(22)23-14-7-10-21(11-8-14)17-6-9-20-16-5-4-13(19)12-15(16)17/h4-6,9,12,14H,2-3,7-8,10-11H2,1H3. The Labute approximate surface area is 135 Å². The number of anilines is 1. The molecule has 3 rings (SSSR count). The predicted octanol–water partition coefficient (Wildman–Crippen LogP) is 3.69. The van der Waals surface area contributed by atoms with Crippen molar-refractivity contribution < 1.29 is 13.9 Å². The van der Waals surface area contributed by atoms with Crippen molar-refractivity contribution in [1.29, 1.82) is 0 Å². The van der Waals surface area contributed by atoms with Crippen LogP contribution in [0.15, 0.2) is 30.5 Å². The minimum Gasteiger partial charge on any atom is -0.462 e. The molecule has 4 nitrogen and oxygen atoms in total. The number of ether oxygens (including phenoxy) is 1. The second-order valence-corrected chi connectivity index (χ2v) is 5.92. The number of esters is 1. The molecule has 0 unspecified atom stereocenters. The van der Waals surface area contributed by atoms with E-state index in [1.54, 1.807) is 12.3 Å². The SMILES string of the molecule is CCCC(=O)OC1CCN(c2ccnc3ccc(F)cc23)CC1. The first kappa shape index (κ1) is 15.7. The number of nitrogens with zero attached hydrogens (tertiary/aromatic N) is 2. The number of halogens is 1. The molecule has 0 spiro atoms. The van der Waals surface area contributed by atoms with Crippen LogP contribution in [0.1, 0.15) is 32.6 Å². The molecule has 1 aromatic carbocycles. The van der Waals surface area contributed by atoms with E-state index in [-0.39, 0.29) is 17.9 Å². The van der Waals surface area contributed by atoms with E-state index in [9.17, 15) is 9.18 Å². The zero-order valence-electron chi connectivity index (χ0n) is 13.3. The Bertz CT molecular complexity index is 696. The maximum Gasteiger partial charge on any atom is 0.306 e. The van der Waals surface area contributed by atoms with Gasteiger partial charge in [0.25, 0.3) is 0 Å². The van der Waals surface area contributed by atoms with Crippen LogP contribution in [-0.4, -0.2) is 30.1 Å². The first-order chi connectivity index (χ1) is 11.2. The number of fused-ring (bicyclic) bond motifs is 1. The highest BCUT2D eigenvalue weighted by Crippen LogP contribution is 2.29. The molecule has 2 aromatic rings. The van der Waals surface area contributed by atoms with Crippen LogP contribution in [0.2, 0.25) is 0 Å². The van der Waals surface area contributed by atoms with Gasteiger partial charge in [-0.05, 0) is 30.7 Å². The lowest BCUT2D eigenvalue weighted by atomic mass is 10.1. The van der Waals surface area contributed by atoms with Gasteiger partial charge in [0.05, 0.1) is 5.52 Å². The van der Waals surface area contributed by atoms with Crippen LogP contribution in [0.25, 0.3) is 10.9 Å². The highest BCUT2D eigenvalue weighted by Gasteiger charge is 2.23. The van der Waals surface area contributed by atoms with Crippen molar-refractivity contribution in [2.24, 2.45) is 0 Å².